The fourth-order valence-corrected chi connectivity index (χ4v) is 5.15. The zero-order valence-corrected chi connectivity index (χ0v) is 18.4. The molecule has 1 heteroatoms. The van der Waals surface area contributed by atoms with Gasteiger partial charge in [0.25, 0.3) is 0 Å². The van der Waals surface area contributed by atoms with Crippen LogP contribution in [0, 0.1) is 0 Å². The van der Waals surface area contributed by atoms with E-state index < -0.39 is 0 Å². The van der Waals surface area contributed by atoms with E-state index in [0.717, 1.165) is 0 Å². The normalized spacial score (nSPS) is 11.7. The zero-order valence-electron chi connectivity index (χ0n) is 18.4. The van der Waals surface area contributed by atoms with Crippen LogP contribution in [0.25, 0.3) is 43.1 Å². The molecule has 0 radical (unpaired) electrons. The fourth-order valence-electron chi connectivity index (χ4n) is 5.15. The second-order valence-corrected chi connectivity index (χ2v) is 8.79. The molecule has 0 aliphatic heterocycles. The van der Waals surface area contributed by atoms with Crippen molar-refractivity contribution in [3.63, 3.8) is 0 Å². The van der Waals surface area contributed by atoms with Crippen molar-refractivity contribution in [2.75, 3.05) is 4.90 Å². The summed E-state index contributed by atoms with van der Waals surface area (Å²) in [6.07, 6.45) is 0. The summed E-state index contributed by atoms with van der Waals surface area (Å²) in [5.41, 5.74) is 2.52. The molecule has 6 aromatic carbocycles. The molecule has 154 valence electrons. The quantitative estimate of drug-likeness (QED) is 0.263. The van der Waals surface area contributed by atoms with E-state index in [1.54, 1.807) is 0 Å². The first-order valence-corrected chi connectivity index (χ1v) is 11.3. The molecule has 0 bridgehead atoms. The molecule has 1 nitrogen and oxygen atoms in total. The van der Waals surface area contributed by atoms with Gasteiger partial charge in [-0.15, -0.1) is 0 Å². The topological polar surface area (TPSA) is 3.24 Å². The summed E-state index contributed by atoms with van der Waals surface area (Å²) in [4.78, 5) is 2.52. The molecule has 0 spiro atoms. The Bertz CT molecular complexity index is 1490. The van der Waals surface area contributed by atoms with Crippen molar-refractivity contribution in [2.24, 2.45) is 0 Å². The second-order valence-electron chi connectivity index (χ2n) is 8.79. The van der Waals surface area contributed by atoms with Crippen molar-refractivity contribution >= 4 is 54.5 Å². The van der Waals surface area contributed by atoms with E-state index in [9.17, 15) is 0 Å². The van der Waals surface area contributed by atoms with Gasteiger partial charge in [-0.2, -0.15) is 0 Å². The Balaban J connectivity index is 1.74. The monoisotopic (exact) mass is 411 g/mol. The molecule has 32 heavy (non-hydrogen) atoms. The van der Waals surface area contributed by atoms with Crippen LogP contribution >= 0.6 is 0 Å². The molecular weight excluding hydrogens is 386 g/mol. The third kappa shape index (κ3) is 2.85. The lowest BCUT2D eigenvalue weighted by atomic mass is 9.96. The highest BCUT2D eigenvalue weighted by Gasteiger charge is 2.20. The largest absolute Gasteiger partial charge is 0.338 e. The van der Waals surface area contributed by atoms with Crippen molar-refractivity contribution in [3.8, 4) is 0 Å². The Hall–Kier alpha value is -3.84. The van der Waals surface area contributed by atoms with Gasteiger partial charge in [-0.25, -0.2) is 0 Å². The second kappa shape index (κ2) is 7.39. The van der Waals surface area contributed by atoms with Gasteiger partial charge in [0.1, 0.15) is 0 Å². The molecule has 0 unspecified atom stereocenters. The predicted molar refractivity (Wildman–Crippen MR) is 140 cm³/mol. The summed E-state index contributed by atoms with van der Waals surface area (Å²) in [7, 11) is 0. The van der Waals surface area contributed by atoms with Crippen molar-refractivity contribution in [1.82, 2.24) is 0 Å². The minimum atomic E-state index is 0.295. The Morgan fingerprint density at radius 2 is 0.781 bits per heavy atom. The van der Waals surface area contributed by atoms with Crippen molar-refractivity contribution in [1.29, 1.82) is 0 Å². The summed E-state index contributed by atoms with van der Waals surface area (Å²) >= 11 is 0. The highest BCUT2D eigenvalue weighted by atomic mass is 15.2. The summed E-state index contributed by atoms with van der Waals surface area (Å²) in [5.74, 6) is 0. The highest BCUT2D eigenvalue weighted by Crippen LogP contribution is 2.42. The van der Waals surface area contributed by atoms with Gasteiger partial charge < -0.3 is 4.90 Å². The lowest BCUT2D eigenvalue weighted by Crippen LogP contribution is -2.26. The third-order valence-electron chi connectivity index (χ3n) is 6.53. The minimum absolute atomic E-state index is 0.295. The van der Waals surface area contributed by atoms with Crippen LogP contribution in [0.1, 0.15) is 13.8 Å². The first-order valence-electron chi connectivity index (χ1n) is 11.3. The molecule has 0 aromatic heterocycles. The van der Waals surface area contributed by atoms with Gasteiger partial charge in [0.2, 0.25) is 0 Å². The SMILES string of the molecule is CC(C)N(c1cc2ccccc2c2ccccc12)c1cc2ccccc2c2ccccc12. The smallest absolute Gasteiger partial charge is 0.0499 e. The first kappa shape index (κ1) is 18.9. The minimum Gasteiger partial charge on any atom is -0.338 e. The lowest BCUT2D eigenvalue weighted by molar-refractivity contribution is 0.795. The maximum absolute atomic E-state index is 2.52. The van der Waals surface area contributed by atoms with Gasteiger partial charge in [0.05, 0.1) is 0 Å². The molecule has 0 N–H and O–H groups in total. The predicted octanol–water partition coefficient (Wildman–Crippen LogP) is 8.85. The summed E-state index contributed by atoms with van der Waals surface area (Å²) in [6, 6.07) is 40.1. The van der Waals surface area contributed by atoms with Crippen LogP contribution in [-0.2, 0) is 0 Å². The summed E-state index contributed by atoms with van der Waals surface area (Å²) < 4.78 is 0. The number of hydrogen-bond donors (Lipinski definition) is 0. The number of nitrogens with zero attached hydrogens (tertiary/aromatic N) is 1. The first-order chi connectivity index (χ1) is 15.7. The van der Waals surface area contributed by atoms with Crippen molar-refractivity contribution in [3.05, 3.63) is 109 Å². The highest BCUT2D eigenvalue weighted by molar-refractivity contribution is 6.17. The van der Waals surface area contributed by atoms with Crippen LogP contribution in [0.4, 0.5) is 11.4 Å². The molecule has 0 heterocycles. The van der Waals surface area contributed by atoms with Crippen LogP contribution in [0.3, 0.4) is 0 Å². The van der Waals surface area contributed by atoms with Gasteiger partial charge in [0, 0.05) is 28.2 Å². The Morgan fingerprint density at radius 1 is 0.438 bits per heavy atom. The van der Waals surface area contributed by atoms with Gasteiger partial charge in [-0.1, -0.05) is 97.1 Å². The van der Waals surface area contributed by atoms with Gasteiger partial charge >= 0.3 is 0 Å². The molecule has 0 saturated heterocycles. The number of hydrogen-bond acceptors (Lipinski definition) is 1. The molecule has 0 atom stereocenters. The standard InChI is InChI=1S/C31H25N/c1-21(2)32(30-19-22-11-3-5-13-24(22)26-15-7-9-17-28(26)30)31-20-23-12-4-6-14-25(23)27-16-8-10-18-29(27)31/h3-21H,1-2H3. The number of benzene rings is 6. The summed E-state index contributed by atoms with van der Waals surface area (Å²) in [6.45, 7) is 4.57. The van der Waals surface area contributed by atoms with E-state index in [-0.39, 0.29) is 0 Å². The Labute approximate surface area is 188 Å². The van der Waals surface area contributed by atoms with Crippen molar-refractivity contribution < 1.29 is 0 Å². The van der Waals surface area contributed by atoms with Gasteiger partial charge in [0.15, 0.2) is 0 Å². The maximum Gasteiger partial charge on any atom is 0.0499 e. The Kier molecular flexibility index (Phi) is 4.36. The maximum atomic E-state index is 2.52. The molecule has 0 aliphatic rings. The van der Waals surface area contributed by atoms with Crippen LogP contribution in [-0.4, -0.2) is 6.04 Å². The molecule has 0 aliphatic carbocycles. The van der Waals surface area contributed by atoms with E-state index >= 15 is 0 Å². The number of rotatable bonds is 3. The van der Waals surface area contributed by atoms with Gasteiger partial charge in [-0.05, 0) is 58.3 Å². The Morgan fingerprint density at radius 3 is 1.19 bits per heavy atom. The molecule has 0 fully saturated rings. The summed E-state index contributed by atoms with van der Waals surface area (Å²) in [5, 5.41) is 10.3. The van der Waals surface area contributed by atoms with E-state index in [1.165, 1.54) is 54.5 Å². The van der Waals surface area contributed by atoms with Gasteiger partial charge in [-0.3, -0.25) is 0 Å². The third-order valence-corrected chi connectivity index (χ3v) is 6.53. The molecule has 0 saturated carbocycles. The average Bonchev–Trinajstić information content (AvgIpc) is 2.84. The van der Waals surface area contributed by atoms with Crippen LogP contribution in [0.2, 0.25) is 0 Å². The van der Waals surface area contributed by atoms with Crippen molar-refractivity contribution in [2.45, 2.75) is 19.9 Å². The van der Waals surface area contributed by atoms with Crippen LogP contribution in [0.5, 0.6) is 0 Å². The fraction of sp³-hybridized carbons (Fsp3) is 0.0968. The number of fused-ring (bicyclic) bond motifs is 6. The van der Waals surface area contributed by atoms with E-state index in [2.05, 4.69) is 128 Å². The number of anilines is 2. The van der Waals surface area contributed by atoms with E-state index in [4.69, 9.17) is 0 Å². The zero-order chi connectivity index (χ0) is 21.7. The van der Waals surface area contributed by atoms with Crippen LogP contribution in [0.15, 0.2) is 109 Å². The van der Waals surface area contributed by atoms with E-state index in [1.807, 2.05) is 0 Å². The molecule has 6 aromatic rings. The average molecular weight is 412 g/mol. The molecule has 6 rings (SSSR count). The molecule has 0 amide bonds. The van der Waals surface area contributed by atoms with Crippen LogP contribution < -0.4 is 4.90 Å². The lowest BCUT2D eigenvalue weighted by Gasteiger charge is -2.32. The molecular formula is C31H25N. The van der Waals surface area contributed by atoms with E-state index in [0.29, 0.717) is 6.04 Å².